The number of aliphatic hydroxyl groups is 1. The highest BCUT2D eigenvalue weighted by Crippen LogP contribution is 2.28. The van der Waals surface area contributed by atoms with Gasteiger partial charge >= 0.3 is 0 Å². The van der Waals surface area contributed by atoms with Crippen LogP contribution in [0.1, 0.15) is 39.7 Å². The standard InChI is InChI=1S/C20H35NO4/c1-7-16(4)21(12-18(22)14-25-13-15(2)3)11-17-8-9-19(23-5)20(10-17)24-6/h8-10,15-16,18,22H,7,11-14H2,1-6H3/t16-,18+/m0/s1. The highest BCUT2D eigenvalue weighted by molar-refractivity contribution is 5.42. The summed E-state index contributed by atoms with van der Waals surface area (Å²) in [5.74, 6) is 1.93. The highest BCUT2D eigenvalue weighted by atomic mass is 16.5. The van der Waals surface area contributed by atoms with Crippen molar-refractivity contribution in [3.63, 3.8) is 0 Å². The van der Waals surface area contributed by atoms with Gasteiger partial charge in [0.05, 0.1) is 26.9 Å². The molecule has 0 saturated heterocycles. The van der Waals surface area contributed by atoms with Gasteiger partial charge in [-0.3, -0.25) is 4.90 Å². The molecule has 0 aliphatic carbocycles. The lowest BCUT2D eigenvalue weighted by Crippen LogP contribution is -2.40. The second kappa shape index (κ2) is 11.3. The van der Waals surface area contributed by atoms with Gasteiger partial charge in [-0.2, -0.15) is 0 Å². The minimum atomic E-state index is -0.493. The summed E-state index contributed by atoms with van der Waals surface area (Å²) in [6.07, 6.45) is 0.528. The van der Waals surface area contributed by atoms with Gasteiger partial charge in [-0.25, -0.2) is 0 Å². The number of nitrogens with zero attached hydrogens (tertiary/aromatic N) is 1. The first kappa shape index (κ1) is 21.7. The molecule has 0 aliphatic rings. The molecule has 1 rings (SSSR count). The first-order valence-electron chi connectivity index (χ1n) is 9.11. The SMILES string of the molecule is CC[C@H](C)N(Cc1ccc(OC)c(OC)c1)C[C@@H](O)COCC(C)C. The van der Waals surface area contributed by atoms with Gasteiger partial charge in [-0.15, -0.1) is 0 Å². The van der Waals surface area contributed by atoms with E-state index in [-0.39, 0.29) is 0 Å². The zero-order valence-corrected chi connectivity index (χ0v) is 16.6. The Balaban J connectivity index is 2.72. The molecule has 0 spiro atoms. The predicted octanol–water partition coefficient (Wildman–Crippen LogP) is 3.34. The molecule has 0 bridgehead atoms. The Morgan fingerprint density at radius 3 is 2.28 bits per heavy atom. The van der Waals surface area contributed by atoms with E-state index in [0.717, 1.165) is 30.0 Å². The number of methoxy groups -OCH3 is 2. The molecule has 25 heavy (non-hydrogen) atoms. The lowest BCUT2D eigenvalue weighted by atomic mass is 10.1. The Kier molecular flexibility index (Phi) is 9.86. The van der Waals surface area contributed by atoms with E-state index in [9.17, 15) is 5.11 Å². The third-order valence-corrected chi connectivity index (χ3v) is 4.25. The predicted molar refractivity (Wildman–Crippen MR) is 101 cm³/mol. The number of aliphatic hydroxyl groups excluding tert-OH is 1. The minimum absolute atomic E-state index is 0.368. The summed E-state index contributed by atoms with van der Waals surface area (Å²) < 4.78 is 16.3. The number of hydrogen-bond acceptors (Lipinski definition) is 5. The minimum Gasteiger partial charge on any atom is -0.493 e. The second-order valence-electron chi connectivity index (χ2n) is 6.96. The van der Waals surface area contributed by atoms with E-state index in [1.807, 2.05) is 18.2 Å². The van der Waals surface area contributed by atoms with Crippen molar-refractivity contribution < 1.29 is 19.3 Å². The maximum atomic E-state index is 10.3. The molecule has 0 unspecified atom stereocenters. The molecule has 0 fully saturated rings. The average Bonchev–Trinajstić information content (AvgIpc) is 2.59. The van der Waals surface area contributed by atoms with Gasteiger partial charge in [0.1, 0.15) is 0 Å². The van der Waals surface area contributed by atoms with Crippen LogP contribution in [-0.2, 0) is 11.3 Å². The summed E-state index contributed by atoms with van der Waals surface area (Å²) >= 11 is 0. The fraction of sp³-hybridized carbons (Fsp3) is 0.700. The van der Waals surface area contributed by atoms with Crippen molar-refractivity contribution >= 4 is 0 Å². The summed E-state index contributed by atoms with van der Waals surface area (Å²) in [6.45, 7) is 10.9. The van der Waals surface area contributed by atoms with Gasteiger partial charge in [0.15, 0.2) is 11.5 Å². The maximum Gasteiger partial charge on any atom is 0.161 e. The molecule has 0 saturated carbocycles. The second-order valence-corrected chi connectivity index (χ2v) is 6.96. The molecule has 0 heterocycles. The topological polar surface area (TPSA) is 51.2 Å². The van der Waals surface area contributed by atoms with Crippen molar-refractivity contribution in [3.05, 3.63) is 23.8 Å². The van der Waals surface area contributed by atoms with Crippen LogP contribution < -0.4 is 9.47 Å². The lowest BCUT2D eigenvalue weighted by molar-refractivity contribution is 0.000111. The quantitative estimate of drug-likeness (QED) is 0.625. The molecule has 0 aromatic heterocycles. The molecular formula is C20H35NO4. The average molecular weight is 354 g/mol. The van der Waals surface area contributed by atoms with Crippen LogP contribution in [0.2, 0.25) is 0 Å². The van der Waals surface area contributed by atoms with Crippen molar-refractivity contribution in [1.29, 1.82) is 0 Å². The van der Waals surface area contributed by atoms with Crippen LogP contribution in [-0.4, -0.2) is 56.1 Å². The number of ether oxygens (including phenoxy) is 3. The Bertz CT molecular complexity index is 493. The van der Waals surface area contributed by atoms with Crippen LogP contribution in [0.4, 0.5) is 0 Å². The summed E-state index contributed by atoms with van der Waals surface area (Å²) in [4.78, 5) is 2.28. The Hall–Kier alpha value is -1.30. The molecule has 1 aromatic carbocycles. The van der Waals surface area contributed by atoms with Crippen molar-refractivity contribution in [2.24, 2.45) is 5.92 Å². The zero-order valence-electron chi connectivity index (χ0n) is 16.6. The fourth-order valence-electron chi connectivity index (χ4n) is 2.64. The Labute approximate surface area is 152 Å². The molecule has 144 valence electrons. The molecule has 0 radical (unpaired) electrons. The molecule has 1 aromatic rings. The molecular weight excluding hydrogens is 318 g/mol. The summed E-state index contributed by atoms with van der Waals surface area (Å²) in [6, 6.07) is 6.33. The number of benzene rings is 1. The van der Waals surface area contributed by atoms with Crippen LogP contribution in [0.15, 0.2) is 18.2 Å². The number of hydrogen-bond donors (Lipinski definition) is 1. The number of rotatable bonds is 12. The van der Waals surface area contributed by atoms with Crippen LogP contribution in [0, 0.1) is 5.92 Å². The molecule has 5 nitrogen and oxygen atoms in total. The van der Waals surface area contributed by atoms with Gasteiger partial charge in [0.25, 0.3) is 0 Å². The highest BCUT2D eigenvalue weighted by Gasteiger charge is 2.18. The van der Waals surface area contributed by atoms with Crippen LogP contribution >= 0.6 is 0 Å². The van der Waals surface area contributed by atoms with E-state index < -0.39 is 6.10 Å². The van der Waals surface area contributed by atoms with E-state index >= 15 is 0 Å². The van der Waals surface area contributed by atoms with Gasteiger partial charge in [-0.1, -0.05) is 26.8 Å². The van der Waals surface area contributed by atoms with Crippen LogP contribution in [0.5, 0.6) is 11.5 Å². The first-order valence-corrected chi connectivity index (χ1v) is 9.11. The molecule has 1 N–H and O–H groups in total. The Morgan fingerprint density at radius 2 is 1.72 bits per heavy atom. The molecule has 2 atom stereocenters. The zero-order chi connectivity index (χ0) is 18.8. The van der Waals surface area contributed by atoms with E-state index in [1.54, 1.807) is 14.2 Å². The summed E-state index contributed by atoms with van der Waals surface area (Å²) in [5, 5.41) is 10.3. The van der Waals surface area contributed by atoms with E-state index in [4.69, 9.17) is 14.2 Å². The third-order valence-electron chi connectivity index (χ3n) is 4.25. The van der Waals surface area contributed by atoms with Crippen LogP contribution in [0.25, 0.3) is 0 Å². The van der Waals surface area contributed by atoms with Crippen LogP contribution in [0.3, 0.4) is 0 Å². The summed E-state index contributed by atoms with van der Waals surface area (Å²) in [5.41, 5.74) is 1.13. The van der Waals surface area contributed by atoms with Gasteiger partial charge < -0.3 is 19.3 Å². The summed E-state index contributed by atoms with van der Waals surface area (Å²) in [7, 11) is 3.28. The largest absolute Gasteiger partial charge is 0.493 e. The Morgan fingerprint density at radius 1 is 1.04 bits per heavy atom. The van der Waals surface area contributed by atoms with E-state index in [0.29, 0.717) is 31.7 Å². The van der Waals surface area contributed by atoms with Crippen molar-refractivity contribution in [2.75, 3.05) is 34.0 Å². The van der Waals surface area contributed by atoms with Gasteiger partial charge in [-0.05, 0) is 37.0 Å². The van der Waals surface area contributed by atoms with Crippen molar-refractivity contribution in [2.45, 2.75) is 52.8 Å². The van der Waals surface area contributed by atoms with Crippen molar-refractivity contribution in [3.8, 4) is 11.5 Å². The van der Waals surface area contributed by atoms with E-state index in [2.05, 4.69) is 32.6 Å². The molecule has 0 aliphatic heterocycles. The molecule has 0 amide bonds. The maximum absolute atomic E-state index is 10.3. The van der Waals surface area contributed by atoms with Gasteiger partial charge in [0.2, 0.25) is 0 Å². The van der Waals surface area contributed by atoms with E-state index in [1.165, 1.54) is 0 Å². The van der Waals surface area contributed by atoms with Crippen molar-refractivity contribution in [1.82, 2.24) is 4.90 Å². The normalized spacial score (nSPS) is 14.0. The monoisotopic (exact) mass is 353 g/mol. The third kappa shape index (κ3) is 7.63. The first-order chi connectivity index (χ1) is 11.9. The fourth-order valence-corrected chi connectivity index (χ4v) is 2.64. The lowest BCUT2D eigenvalue weighted by Gasteiger charge is -2.30. The smallest absolute Gasteiger partial charge is 0.161 e. The molecule has 5 heteroatoms. The van der Waals surface area contributed by atoms with Gasteiger partial charge in [0, 0.05) is 25.7 Å².